The fraction of sp³-hybridized carbons (Fsp3) is 0.457. The van der Waals surface area contributed by atoms with E-state index >= 15 is 0 Å². The SMILES string of the molecule is CCCOc1ccc2ccc(OCCCC(=O)Nc3ccc(C)n(CC(=O)N[C@H](C(=O)N[C@H](C(N)=O)[C@@H](C)O)[C@@H](C)CC)c3=O)cc2c1. The Morgan fingerprint density at radius 2 is 1.52 bits per heavy atom. The summed E-state index contributed by atoms with van der Waals surface area (Å²) >= 11 is 0. The highest BCUT2D eigenvalue weighted by molar-refractivity contribution is 5.92. The van der Waals surface area contributed by atoms with Crippen LogP contribution >= 0.6 is 0 Å². The Morgan fingerprint density at radius 1 is 0.875 bits per heavy atom. The number of aromatic nitrogens is 1. The lowest BCUT2D eigenvalue weighted by molar-refractivity contribution is -0.134. The molecule has 0 bridgehead atoms. The predicted molar refractivity (Wildman–Crippen MR) is 183 cm³/mol. The van der Waals surface area contributed by atoms with Crippen LogP contribution < -0.4 is 36.7 Å². The van der Waals surface area contributed by atoms with E-state index in [2.05, 4.69) is 16.0 Å². The third-order valence-electron chi connectivity index (χ3n) is 7.94. The van der Waals surface area contributed by atoms with Gasteiger partial charge in [0.05, 0.1) is 19.3 Å². The fourth-order valence-electron chi connectivity index (χ4n) is 4.94. The number of nitrogens with two attached hydrogens (primary N) is 1. The highest BCUT2D eigenvalue weighted by atomic mass is 16.5. The molecule has 2 aromatic carbocycles. The second kappa shape index (κ2) is 17.9. The van der Waals surface area contributed by atoms with E-state index in [1.165, 1.54) is 17.6 Å². The van der Waals surface area contributed by atoms with Crippen LogP contribution in [-0.2, 0) is 25.7 Å². The number of aliphatic hydroxyl groups excluding tert-OH is 1. The summed E-state index contributed by atoms with van der Waals surface area (Å²) in [6, 6.07) is 12.3. The van der Waals surface area contributed by atoms with E-state index in [1.807, 2.05) is 50.2 Å². The molecule has 0 radical (unpaired) electrons. The maximum atomic E-state index is 13.2. The van der Waals surface area contributed by atoms with Crippen molar-refractivity contribution in [1.29, 1.82) is 0 Å². The third kappa shape index (κ3) is 10.6. The van der Waals surface area contributed by atoms with Gasteiger partial charge in [-0.25, -0.2) is 0 Å². The number of ether oxygens (including phenoxy) is 2. The normalized spacial score (nSPS) is 13.5. The van der Waals surface area contributed by atoms with Gasteiger partial charge >= 0.3 is 0 Å². The molecule has 1 aromatic heterocycles. The van der Waals surface area contributed by atoms with Crippen LogP contribution in [0.4, 0.5) is 5.69 Å². The summed E-state index contributed by atoms with van der Waals surface area (Å²) in [4.78, 5) is 63.7. The quantitative estimate of drug-likeness (QED) is 0.128. The van der Waals surface area contributed by atoms with Gasteiger partial charge in [0, 0.05) is 12.1 Å². The Hall–Kier alpha value is -4.91. The highest BCUT2D eigenvalue weighted by Crippen LogP contribution is 2.25. The maximum Gasteiger partial charge on any atom is 0.274 e. The number of primary amides is 1. The zero-order valence-corrected chi connectivity index (χ0v) is 28.2. The number of hydrogen-bond acceptors (Lipinski definition) is 8. The number of hydrogen-bond donors (Lipinski definition) is 5. The molecule has 0 fully saturated rings. The largest absolute Gasteiger partial charge is 0.494 e. The number of amides is 4. The highest BCUT2D eigenvalue weighted by Gasteiger charge is 2.31. The number of aryl methyl sites for hydroxylation is 1. The summed E-state index contributed by atoms with van der Waals surface area (Å²) in [6.45, 7) is 9.07. The van der Waals surface area contributed by atoms with Gasteiger partial charge in [0.25, 0.3) is 5.56 Å². The molecule has 0 saturated carbocycles. The maximum absolute atomic E-state index is 13.2. The van der Waals surface area contributed by atoms with Gasteiger partial charge in [-0.1, -0.05) is 39.3 Å². The zero-order valence-electron chi connectivity index (χ0n) is 28.2. The van der Waals surface area contributed by atoms with Crippen LogP contribution in [0.25, 0.3) is 10.8 Å². The van der Waals surface area contributed by atoms with Crippen LogP contribution in [0.3, 0.4) is 0 Å². The number of benzene rings is 2. The molecule has 1 heterocycles. The molecule has 0 spiro atoms. The zero-order chi connectivity index (χ0) is 35.4. The molecule has 260 valence electrons. The number of nitrogens with zero attached hydrogens (tertiary/aromatic N) is 1. The minimum absolute atomic E-state index is 0.00685. The van der Waals surface area contributed by atoms with Crippen molar-refractivity contribution in [2.75, 3.05) is 18.5 Å². The van der Waals surface area contributed by atoms with Gasteiger partial charge < -0.3 is 40.8 Å². The van der Waals surface area contributed by atoms with E-state index in [0.29, 0.717) is 30.9 Å². The Balaban J connectivity index is 1.58. The van der Waals surface area contributed by atoms with E-state index in [0.717, 1.165) is 22.9 Å². The number of pyridine rings is 1. The Kier molecular flexibility index (Phi) is 14.0. The van der Waals surface area contributed by atoms with Crippen LogP contribution in [0.15, 0.2) is 53.3 Å². The molecule has 13 nitrogen and oxygen atoms in total. The molecule has 0 unspecified atom stereocenters. The lowest BCUT2D eigenvalue weighted by Gasteiger charge is -2.27. The van der Waals surface area contributed by atoms with E-state index < -0.39 is 48.0 Å². The molecule has 0 saturated heterocycles. The molecular formula is C35H47N5O8. The van der Waals surface area contributed by atoms with Crippen molar-refractivity contribution < 1.29 is 33.8 Å². The van der Waals surface area contributed by atoms with Crippen molar-refractivity contribution >= 4 is 40.1 Å². The molecule has 0 aliphatic rings. The average molecular weight is 666 g/mol. The van der Waals surface area contributed by atoms with Crippen molar-refractivity contribution in [3.8, 4) is 11.5 Å². The summed E-state index contributed by atoms with van der Waals surface area (Å²) in [5, 5.41) is 19.5. The number of carbonyl (C=O) groups excluding carboxylic acids is 4. The van der Waals surface area contributed by atoms with Gasteiger partial charge in [0.15, 0.2) is 0 Å². The van der Waals surface area contributed by atoms with Crippen molar-refractivity contribution in [3.05, 3.63) is 64.6 Å². The van der Waals surface area contributed by atoms with Gasteiger partial charge in [-0.3, -0.25) is 24.0 Å². The van der Waals surface area contributed by atoms with E-state index in [1.54, 1.807) is 19.9 Å². The fourth-order valence-corrected chi connectivity index (χ4v) is 4.94. The molecular weight excluding hydrogens is 618 g/mol. The van der Waals surface area contributed by atoms with Gasteiger partial charge in [-0.05, 0) is 79.8 Å². The van der Waals surface area contributed by atoms with Crippen molar-refractivity contribution in [2.45, 2.75) is 85.0 Å². The Morgan fingerprint density at radius 3 is 2.10 bits per heavy atom. The molecule has 3 rings (SSSR count). The number of aliphatic hydroxyl groups is 1. The van der Waals surface area contributed by atoms with Crippen LogP contribution in [0, 0.1) is 12.8 Å². The number of rotatable bonds is 18. The molecule has 48 heavy (non-hydrogen) atoms. The second-order valence-corrected chi connectivity index (χ2v) is 11.9. The minimum Gasteiger partial charge on any atom is -0.494 e. The molecule has 4 amide bonds. The molecule has 6 N–H and O–H groups in total. The standard InChI is InChI=1S/C35H47N5O8/c1-6-16-47-26-13-11-24-12-14-27(19-25(24)18-26)48-17-8-9-29(42)37-28-15-10-22(4)40(35(28)46)20-30(43)38-31(21(3)7-2)34(45)39-32(23(5)41)33(36)44/h10-15,18-19,21,23,31-32,41H,6-9,16-17,20H2,1-5H3,(H2,36,44)(H,37,42)(H,38,43)(H,39,45)/t21-,23+,31-,32-/m0/s1. The Bertz CT molecular complexity index is 1650. The van der Waals surface area contributed by atoms with Crippen LogP contribution in [-0.4, -0.2) is 64.7 Å². The predicted octanol–water partition coefficient (Wildman–Crippen LogP) is 2.78. The number of nitrogens with one attached hydrogen (secondary N) is 3. The summed E-state index contributed by atoms with van der Waals surface area (Å²) in [5.74, 6) is -1.52. The first-order chi connectivity index (χ1) is 22.8. The summed E-state index contributed by atoms with van der Waals surface area (Å²) in [5.41, 5.74) is 5.18. The minimum atomic E-state index is -1.34. The van der Waals surface area contributed by atoms with E-state index in [9.17, 15) is 29.1 Å². The third-order valence-corrected chi connectivity index (χ3v) is 7.94. The molecule has 13 heteroatoms. The second-order valence-electron chi connectivity index (χ2n) is 11.9. The Labute approximate surface area is 280 Å². The lowest BCUT2D eigenvalue weighted by Crippen LogP contribution is -2.58. The van der Waals surface area contributed by atoms with Gasteiger partial charge in [-0.2, -0.15) is 0 Å². The van der Waals surface area contributed by atoms with E-state index in [-0.39, 0.29) is 30.5 Å². The topological polar surface area (TPSA) is 191 Å². The smallest absolute Gasteiger partial charge is 0.274 e. The van der Waals surface area contributed by atoms with Crippen LogP contribution in [0.1, 0.15) is 59.1 Å². The molecule has 3 aromatic rings. The molecule has 0 aliphatic heterocycles. The summed E-state index contributed by atoms with van der Waals surface area (Å²) in [7, 11) is 0. The first-order valence-electron chi connectivity index (χ1n) is 16.2. The summed E-state index contributed by atoms with van der Waals surface area (Å²) < 4.78 is 12.8. The number of fused-ring (bicyclic) bond motifs is 1. The number of anilines is 1. The van der Waals surface area contributed by atoms with Crippen LogP contribution in [0.5, 0.6) is 11.5 Å². The van der Waals surface area contributed by atoms with Gasteiger partial charge in [-0.15, -0.1) is 0 Å². The number of carbonyl (C=O) groups is 4. The van der Waals surface area contributed by atoms with Gasteiger partial charge in [0.1, 0.15) is 35.8 Å². The molecule has 0 aliphatic carbocycles. The summed E-state index contributed by atoms with van der Waals surface area (Å²) in [6.07, 6.45) is 0.687. The van der Waals surface area contributed by atoms with Crippen LogP contribution in [0.2, 0.25) is 0 Å². The van der Waals surface area contributed by atoms with Crippen molar-refractivity contribution in [2.24, 2.45) is 11.7 Å². The van der Waals surface area contributed by atoms with Gasteiger partial charge in [0.2, 0.25) is 23.6 Å². The molecule has 4 atom stereocenters. The van der Waals surface area contributed by atoms with Crippen molar-refractivity contribution in [1.82, 2.24) is 15.2 Å². The first kappa shape index (κ1) is 37.5. The first-order valence-corrected chi connectivity index (χ1v) is 16.2. The van der Waals surface area contributed by atoms with E-state index in [4.69, 9.17) is 15.2 Å². The van der Waals surface area contributed by atoms with Crippen molar-refractivity contribution in [3.63, 3.8) is 0 Å². The lowest BCUT2D eigenvalue weighted by atomic mass is 9.97. The monoisotopic (exact) mass is 665 g/mol. The average Bonchev–Trinajstić information content (AvgIpc) is 3.05.